The number of hydrogen-bond acceptors (Lipinski definition) is 3. The van der Waals surface area contributed by atoms with Crippen molar-refractivity contribution in [2.75, 3.05) is 26.3 Å². The van der Waals surface area contributed by atoms with E-state index in [1.54, 1.807) is 0 Å². The lowest BCUT2D eigenvalue weighted by Crippen LogP contribution is -2.27. The fraction of sp³-hybridized carbons (Fsp3) is 1.00. The second-order valence-corrected chi connectivity index (χ2v) is 3.25. The molecule has 0 aliphatic rings. The van der Waals surface area contributed by atoms with E-state index in [-0.39, 0.29) is 0 Å². The van der Waals surface area contributed by atoms with Crippen molar-refractivity contribution in [3.63, 3.8) is 0 Å². The summed E-state index contributed by atoms with van der Waals surface area (Å²) in [7, 11) is 0. The molecule has 0 radical (unpaired) electrons. The zero-order valence-corrected chi connectivity index (χ0v) is 8.88. The van der Waals surface area contributed by atoms with Crippen LogP contribution in [-0.2, 0) is 4.74 Å². The summed E-state index contributed by atoms with van der Waals surface area (Å²) in [5.74, 6) is 0. The molecule has 0 aromatic carbocycles. The van der Waals surface area contributed by atoms with Gasteiger partial charge in [0.1, 0.15) is 0 Å². The third-order valence-electron chi connectivity index (χ3n) is 1.89. The summed E-state index contributed by atoms with van der Waals surface area (Å²) < 4.78 is 5.37. The lowest BCUT2D eigenvalue weighted by Gasteiger charge is -2.12. The van der Waals surface area contributed by atoms with Gasteiger partial charge in [-0.25, -0.2) is 0 Å². The van der Waals surface area contributed by atoms with Crippen LogP contribution in [0.15, 0.2) is 0 Å². The zero-order chi connectivity index (χ0) is 9.94. The minimum atomic E-state index is 0.308. The molecule has 1 unspecified atom stereocenters. The third-order valence-corrected chi connectivity index (χ3v) is 1.89. The largest absolute Gasteiger partial charge is 0.396 e. The average molecular weight is 189 g/mol. The Morgan fingerprint density at radius 2 is 2.08 bits per heavy atom. The molecular weight excluding hydrogens is 166 g/mol. The summed E-state index contributed by atoms with van der Waals surface area (Å²) in [5, 5.41) is 11.9. The number of ether oxygens (including phenoxy) is 1. The van der Waals surface area contributed by atoms with Crippen LogP contribution in [0.1, 0.15) is 33.1 Å². The van der Waals surface area contributed by atoms with E-state index in [0.29, 0.717) is 12.7 Å². The predicted molar refractivity (Wildman–Crippen MR) is 54.9 cm³/mol. The van der Waals surface area contributed by atoms with E-state index in [1.807, 2.05) is 6.92 Å². The highest BCUT2D eigenvalue weighted by atomic mass is 16.5. The van der Waals surface area contributed by atoms with Gasteiger partial charge in [0.05, 0.1) is 6.10 Å². The van der Waals surface area contributed by atoms with Gasteiger partial charge in [-0.05, 0) is 39.7 Å². The Hall–Kier alpha value is -0.120. The van der Waals surface area contributed by atoms with Gasteiger partial charge in [-0.15, -0.1) is 0 Å². The van der Waals surface area contributed by atoms with Gasteiger partial charge < -0.3 is 15.2 Å². The van der Waals surface area contributed by atoms with Crippen molar-refractivity contribution in [1.29, 1.82) is 0 Å². The summed E-state index contributed by atoms with van der Waals surface area (Å²) in [6.45, 7) is 7.13. The number of nitrogens with one attached hydrogen (secondary N) is 1. The molecule has 0 aliphatic heterocycles. The first-order valence-corrected chi connectivity index (χ1v) is 5.24. The van der Waals surface area contributed by atoms with Gasteiger partial charge >= 0.3 is 0 Å². The van der Waals surface area contributed by atoms with Crippen molar-refractivity contribution in [3.05, 3.63) is 0 Å². The molecule has 80 valence electrons. The van der Waals surface area contributed by atoms with Gasteiger partial charge in [0, 0.05) is 19.8 Å². The van der Waals surface area contributed by atoms with Crippen LogP contribution in [0.4, 0.5) is 0 Å². The highest BCUT2D eigenvalue weighted by Crippen LogP contribution is 1.92. The van der Waals surface area contributed by atoms with Crippen LogP contribution in [0.25, 0.3) is 0 Å². The average Bonchev–Trinajstić information content (AvgIpc) is 2.11. The fourth-order valence-electron chi connectivity index (χ4n) is 1.19. The number of hydrogen-bond donors (Lipinski definition) is 2. The summed E-state index contributed by atoms with van der Waals surface area (Å²) in [4.78, 5) is 0. The molecule has 0 saturated carbocycles. The van der Waals surface area contributed by atoms with Gasteiger partial charge in [-0.2, -0.15) is 0 Å². The Labute approximate surface area is 81.5 Å². The van der Waals surface area contributed by atoms with Crippen LogP contribution < -0.4 is 5.32 Å². The SMILES string of the molecule is CCOC(C)CNCCCCCO. The van der Waals surface area contributed by atoms with Gasteiger partial charge in [0.2, 0.25) is 0 Å². The highest BCUT2D eigenvalue weighted by Gasteiger charge is 1.98. The number of unbranched alkanes of at least 4 members (excludes halogenated alkanes) is 2. The Balaban J connectivity index is 2.97. The normalized spacial score (nSPS) is 13.2. The van der Waals surface area contributed by atoms with Crippen molar-refractivity contribution in [2.45, 2.75) is 39.2 Å². The maximum absolute atomic E-state index is 8.54. The summed E-state index contributed by atoms with van der Waals surface area (Å²) in [6.07, 6.45) is 3.47. The smallest absolute Gasteiger partial charge is 0.0671 e. The van der Waals surface area contributed by atoms with Crippen molar-refractivity contribution in [2.24, 2.45) is 0 Å². The van der Waals surface area contributed by atoms with Gasteiger partial charge in [0.25, 0.3) is 0 Å². The lowest BCUT2D eigenvalue weighted by atomic mass is 10.2. The van der Waals surface area contributed by atoms with Crippen LogP contribution in [0.2, 0.25) is 0 Å². The Morgan fingerprint density at radius 3 is 2.69 bits per heavy atom. The van der Waals surface area contributed by atoms with E-state index in [2.05, 4.69) is 12.2 Å². The molecular formula is C10H23NO2. The Morgan fingerprint density at radius 1 is 1.31 bits per heavy atom. The van der Waals surface area contributed by atoms with E-state index < -0.39 is 0 Å². The van der Waals surface area contributed by atoms with Crippen LogP contribution >= 0.6 is 0 Å². The summed E-state index contributed by atoms with van der Waals surface area (Å²) in [5.41, 5.74) is 0. The molecule has 0 amide bonds. The van der Waals surface area contributed by atoms with E-state index in [9.17, 15) is 0 Å². The van der Waals surface area contributed by atoms with E-state index in [1.165, 1.54) is 0 Å². The number of aliphatic hydroxyl groups is 1. The summed E-state index contributed by atoms with van der Waals surface area (Å²) >= 11 is 0. The first-order valence-electron chi connectivity index (χ1n) is 5.24. The quantitative estimate of drug-likeness (QED) is 0.535. The zero-order valence-electron chi connectivity index (χ0n) is 8.88. The monoisotopic (exact) mass is 189 g/mol. The second-order valence-electron chi connectivity index (χ2n) is 3.25. The third kappa shape index (κ3) is 9.80. The Bertz CT molecular complexity index is 98.9. The van der Waals surface area contributed by atoms with Crippen LogP contribution in [-0.4, -0.2) is 37.5 Å². The van der Waals surface area contributed by atoms with Crippen molar-refractivity contribution in [3.8, 4) is 0 Å². The van der Waals surface area contributed by atoms with Crippen molar-refractivity contribution < 1.29 is 9.84 Å². The second kappa shape index (κ2) is 9.96. The molecule has 0 aliphatic carbocycles. The maximum atomic E-state index is 8.54. The topological polar surface area (TPSA) is 41.5 Å². The van der Waals surface area contributed by atoms with E-state index in [4.69, 9.17) is 9.84 Å². The molecule has 0 saturated heterocycles. The molecule has 0 aromatic heterocycles. The van der Waals surface area contributed by atoms with Gasteiger partial charge in [0.15, 0.2) is 0 Å². The molecule has 0 heterocycles. The molecule has 0 fully saturated rings. The van der Waals surface area contributed by atoms with Crippen LogP contribution in [0.5, 0.6) is 0 Å². The number of rotatable bonds is 9. The fourth-order valence-corrected chi connectivity index (χ4v) is 1.19. The number of aliphatic hydroxyl groups excluding tert-OH is 1. The molecule has 0 spiro atoms. The highest BCUT2D eigenvalue weighted by molar-refractivity contribution is 4.55. The lowest BCUT2D eigenvalue weighted by molar-refractivity contribution is 0.0762. The first-order chi connectivity index (χ1) is 6.31. The molecule has 1 atom stereocenters. The first kappa shape index (κ1) is 12.9. The molecule has 3 nitrogen and oxygen atoms in total. The summed E-state index contributed by atoms with van der Waals surface area (Å²) in [6, 6.07) is 0. The van der Waals surface area contributed by atoms with E-state index >= 15 is 0 Å². The molecule has 3 heteroatoms. The van der Waals surface area contributed by atoms with Gasteiger partial charge in [-0.1, -0.05) is 0 Å². The van der Waals surface area contributed by atoms with Crippen molar-refractivity contribution in [1.82, 2.24) is 5.32 Å². The molecule has 0 bridgehead atoms. The molecule has 0 rings (SSSR count). The maximum Gasteiger partial charge on any atom is 0.0671 e. The predicted octanol–water partition coefficient (Wildman–Crippen LogP) is 1.16. The molecule has 13 heavy (non-hydrogen) atoms. The van der Waals surface area contributed by atoms with Crippen LogP contribution in [0, 0.1) is 0 Å². The van der Waals surface area contributed by atoms with Crippen molar-refractivity contribution >= 4 is 0 Å². The standard InChI is InChI=1S/C10H23NO2/c1-3-13-10(2)9-11-7-5-4-6-8-12/h10-12H,3-9H2,1-2H3. The minimum Gasteiger partial charge on any atom is -0.396 e. The minimum absolute atomic E-state index is 0.308. The molecule has 0 aromatic rings. The molecule has 2 N–H and O–H groups in total. The van der Waals surface area contributed by atoms with Gasteiger partial charge in [-0.3, -0.25) is 0 Å². The van der Waals surface area contributed by atoms with Crippen LogP contribution in [0.3, 0.4) is 0 Å². The Kier molecular flexibility index (Phi) is 9.87. The van der Waals surface area contributed by atoms with E-state index in [0.717, 1.165) is 39.0 Å².